The molecular weight excluding hydrogens is 258 g/mol. The highest BCUT2D eigenvalue weighted by Crippen LogP contribution is 2.25. The molecule has 1 aliphatic carbocycles. The van der Waals surface area contributed by atoms with Crippen LogP contribution in [0.5, 0.6) is 0 Å². The molecule has 0 spiro atoms. The maximum absolute atomic E-state index is 12.2. The zero-order valence-electron chi connectivity index (χ0n) is 12.3. The Hall–Kier alpha value is -1.30. The van der Waals surface area contributed by atoms with Crippen LogP contribution in [0.1, 0.15) is 32.6 Å². The van der Waals surface area contributed by atoms with Crippen LogP contribution in [0.15, 0.2) is 0 Å². The first-order chi connectivity index (χ1) is 9.50. The number of aliphatic carboxylic acids is 1. The number of likely N-dealkylation sites (N-methyl/N-ethyl adjacent to an activating group) is 1. The van der Waals surface area contributed by atoms with Crippen LogP contribution in [0.25, 0.3) is 0 Å². The quantitative estimate of drug-likeness (QED) is 0.789. The molecule has 1 heterocycles. The molecule has 114 valence electrons. The molecule has 1 saturated heterocycles. The molecule has 2 rings (SSSR count). The van der Waals surface area contributed by atoms with Gasteiger partial charge in [0.25, 0.3) is 0 Å². The van der Waals surface area contributed by atoms with Gasteiger partial charge in [0.1, 0.15) is 6.04 Å². The molecule has 0 aromatic rings. The van der Waals surface area contributed by atoms with E-state index in [1.165, 1.54) is 17.7 Å². The molecule has 6 nitrogen and oxygen atoms in total. The monoisotopic (exact) mass is 283 g/mol. The Morgan fingerprint density at radius 2 is 2.05 bits per heavy atom. The van der Waals surface area contributed by atoms with Crippen molar-refractivity contribution < 1.29 is 14.7 Å². The topological polar surface area (TPSA) is 72.9 Å². The van der Waals surface area contributed by atoms with Crippen LogP contribution >= 0.6 is 0 Å². The highest BCUT2D eigenvalue weighted by atomic mass is 16.4. The van der Waals surface area contributed by atoms with Gasteiger partial charge in [-0.05, 0) is 38.6 Å². The van der Waals surface area contributed by atoms with Gasteiger partial charge in [-0.2, -0.15) is 0 Å². The molecule has 0 aromatic carbocycles. The lowest BCUT2D eigenvalue weighted by atomic mass is 9.91. The molecule has 2 atom stereocenters. The molecule has 0 radical (unpaired) electrons. The van der Waals surface area contributed by atoms with Crippen LogP contribution in [-0.2, 0) is 4.79 Å². The van der Waals surface area contributed by atoms with Crippen LogP contribution in [-0.4, -0.2) is 65.7 Å². The molecular formula is C14H25N3O3. The van der Waals surface area contributed by atoms with Crippen molar-refractivity contribution in [3.8, 4) is 0 Å². The number of amides is 2. The number of carbonyl (C=O) groups excluding carboxylic acids is 1. The van der Waals surface area contributed by atoms with Crippen molar-refractivity contribution >= 4 is 12.0 Å². The molecule has 2 fully saturated rings. The number of urea groups is 1. The first-order valence-electron chi connectivity index (χ1n) is 7.48. The lowest BCUT2D eigenvalue weighted by Gasteiger charge is -2.37. The lowest BCUT2D eigenvalue weighted by Crippen LogP contribution is -2.55. The predicted molar refractivity (Wildman–Crippen MR) is 75.6 cm³/mol. The Morgan fingerprint density at radius 3 is 2.65 bits per heavy atom. The van der Waals surface area contributed by atoms with E-state index in [9.17, 15) is 14.7 Å². The summed E-state index contributed by atoms with van der Waals surface area (Å²) in [5, 5.41) is 12.1. The second-order valence-corrected chi connectivity index (χ2v) is 6.04. The molecule has 2 aliphatic rings. The van der Waals surface area contributed by atoms with E-state index in [0.29, 0.717) is 19.1 Å². The summed E-state index contributed by atoms with van der Waals surface area (Å²) in [5.74, 6) is -0.886. The third-order valence-corrected chi connectivity index (χ3v) is 4.36. The summed E-state index contributed by atoms with van der Waals surface area (Å²) in [4.78, 5) is 27.2. The van der Waals surface area contributed by atoms with E-state index >= 15 is 0 Å². The normalized spacial score (nSPS) is 26.6. The van der Waals surface area contributed by atoms with Crippen LogP contribution < -0.4 is 5.32 Å². The van der Waals surface area contributed by atoms with Crippen molar-refractivity contribution in [3.05, 3.63) is 0 Å². The third-order valence-electron chi connectivity index (χ3n) is 4.36. The minimum atomic E-state index is -0.901. The number of likely N-dealkylation sites (tertiary alicyclic amines) is 1. The number of rotatable bonds is 5. The van der Waals surface area contributed by atoms with E-state index in [2.05, 4.69) is 17.3 Å². The maximum Gasteiger partial charge on any atom is 0.326 e. The summed E-state index contributed by atoms with van der Waals surface area (Å²) >= 11 is 0. The van der Waals surface area contributed by atoms with E-state index in [0.717, 1.165) is 19.4 Å². The van der Waals surface area contributed by atoms with Gasteiger partial charge < -0.3 is 20.2 Å². The molecule has 1 aliphatic heterocycles. The summed E-state index contributed by atoms with van der Waals surface area (Å²) in [6, 6.07) is -0.258. The highest BCUT2D eigenvalue weighted by molar-refractivity contribution is 5.83. The van der Waals surface area contributed by atoms with E-state index < -0.39 is 12.0 Å². The standard InChI is InChI=1S/C14H25N3O3/c1-10-4-3-8-17(12(10)13(18)19)14(20)15-7-9-16(2)11-5-6-11/h10-12H,3-9H2,1-2H3,(H,15,20)(H,18,19). The maximum atomic E-state index is 12.2. The number of piperidine rings is 1. The van der Waals surface area contributed by atoms with Crippen molar-refractivity contribution in [1.82, 2.24) is 15.1 Å². The Balaban J connectivity index is 1.81. The summed E-state index contributed by atoms with van der Waals surface area (Å²) in [5.41, 5.74) is 0. The van der Waals surface area contributed by atoms with Crippen LogP contribution in [0.4, 0.5) is 4.79 Å². The summed E-state index contributed by atoms with van der Waals surface area (Å²) < 4.78 is 0. The van der Waals surface area contributed by atoms with Gasteiger partial charge in [-0.15, -0.1) is 0 Å². The van der Waals surface area contributed by atoms with Crippen LogP contribution in [0.2, 0.25) is 0 Å². The van der Waals surface area contributed by atoms with Crippen molar-refractivity contribution in [2.45, 2.75) is 44.7 Å². The fourth-order valence-electron chi connectivity index (χ4n) is 2.93. The number of nitrogens with zero attached hydrogens (tertiary/aromatic N) is 2. The van der Waals surface area contributed by atoms with Crippen LogP contribution in [0, 0.1) is 5.92 Å². The number of nitrogens with one attached hydrogen (secondary N) is 1. The molecule has 2 N–H and O–H groups in total. The zero-order valence-corrected chi connectivity index (χ0v) is 12.3. The fraction of sp³-hybridized carbons (Fsp3) is 0.857. The molecule has 0 aromatic heterocycles. The van der Waals surface area contributed by atoms with Crippen molar-refractivity contribution in [2.24, 2.45) is 5.92 Å². The zero-order chi connectivity index (χ0) is 14.7. The van der Waals surface area contributed by atoms with Gasteiger partial charge >= 0.3 is 12.0 Å². The Bertz CT molecular complexity index is 371. The molecule has 2 unspecified atom stereocenters. The van der Waals surface area contributed by atoms with Gasteiger partial charge in [0, 0.05) is 25.7 Å². The van der Waals surface area contributed by atoms with Gasteiger partial charge in [0.05, 0.1) is 0 Å². The highest BCUT2D eigenvalue weighted by Gasteiger charge is 2.37. The summed E-state index contributed by atoms with van der Waals surface area (Å²) in [6.07, 6.45) is 4.23. The minimum Gasteiger partial charge on any atom is -0.480 e. The fourth-order valence-corrected chi connectivity index (χ4v) is 2.93. The predicted octanol–water partition coefficient (Wildman–Crippen LogP) is 0.975. The van der Waals surface area contributed by atoms with Gasteiger partial charge in [-0.3, -0.25) is 0 Å². The Labute approximate surface area is 120 Å². The van der Waals surface area contributed by atoms with Gasteiger partial charge in [0.15, 0.2) is 0 Å². The number of hydrogen-bond acceptors (Lipinski definition) is 3. The van der Waals surface area contributed by atoms with Gasteiger partial charge in [-0.25, -0.2) is 9.59 Å². The summed E-state index contributed by atoms with van der Waals surface area (Å²) in [7, 11) is 2.06. The van der Waals surface area contributed by atoms with Crippen molar-refractivity contribution in [2.75, 3.05) is 26.7 Å². The van der Waals surface area contributed by atoms with E-state index in [4.69, 9.17) is 0 Å². The largest absolute Gasteiger partial charge is 0.480 e. The second kappa shape index (κ2) is 6.43. The second-order valence-electron chi connectivity index (χ2n) is 6.04. The first kappa shape index (κ1) is 15.1. The number of carboxylic acids is 1. The van der Waals surface area contributed by atoms with Crippen molar-refractivity contribution in [1.29, 1.82) is 0 Å². The van der Waals surface area contributed by atoms with E-state index in [1.807, 2.05) is 6.92 Å². The number of carboxylic acid groups (broad SMARTS) is 1. The van der Waals surface area contributed by atoms with E-state index in [-0.39, 0.29) is 11.9 Å². The summed E-state index contributed by atoms with van der Waals surface area (Å²) in [6.45, 7) is 3.82. The van der Waals surface area contributed by atoms with Gasteiger partial charge in [-0.1, -0.05) is 6.92 Å². The Kier molecular flexibility index (Phi) is 4.86. The smallest absolute Gasteiger partial charge is 0.326 e. The average molecular weight is 283 g/mol. The molecule has 2 amide bonds. The SMILES string of the molecule is CC1CCCN(C(=O)NCCN(C)C2CC2)C1C(=O)O. The molecule has 1 saturated carbocycles. The molecule has 0 bridgehead atoms. The Morgan fingerprint density at radius 1 is 1.35 bits per heavy atom. The lowest BCUT2D eigenvalue weighted by molar-refractivity contribution is -0.145. The van der Waals surface area contributed by atoms with E-state index in [1.54, 1.807) is 0 Å². The average Bonchev–Trinajstić information content (AvgIpc) is 3.21. The number of hydrogen-bond donors (Lipinski definition) is 2. The molecule has 6 heteroatoms. The third kappa shape index (κ3) is 3.62. The minimum absolute atomic E-state index is 0.0149. The number of carbonyl (C=O) groups is 2. The van der Waals surface area contributed by atoms with Crippen molar-refractivity contribution in [3.63, 3.8) is 0 Å². The molecule has 20 heavy (non-hydrogen) atoms. The van der Waals surface area contributed by atoms with Gasteiger partial charge in [0.2, 0.25) is 0 Å². The van der Waals surface area contributed by atoms with Crippen LogP contribution in [0.3, 0.4) is 0 Å². The first-order valence-corrected chi connectivity index (χ1v) is 7.48.